The molecular formula is C14H13IN2O. The minimum Gasteiger partial charge on any atom is -0.460 e. The van der Waals surface area contributed by atoms with Gasteiger partial charge in [-0.25, -0.2) is 9.97 Å². The molecule has 3 rings (SSSR count). The van der Waals surface area contributed by atoms with Gasteiger partial charge in [0, 0.05) is 16.0 Å². The lowest BCUT2D eigenvalue weighted by molar-refractivity contribution is 0.0881. The number of rotatable bonds is 3. The summed E-state index contributed by atoms with van der Waals surface area (Å²) in [5.74, 6) is 0.625. The SMILES string of the molecule is Ic1cnc(OC2CC(c3ccccc3)C2)nc1. The molecule has 1 aliphatic rings. The topological polar surface area (TPSA) is 35.0 Å². The number of aromatic nitrogens is 2. The van der Waals surface area contributed by atoms with E-state index >= 15 is 0 Å². The number of hydrogen-bond acceptors (Lipinski definition) is 3. The van der Waals surface area contributed by atoms with Gasteiger partial charge in [0.25, 0.3) is 0 Å². The maximum Gasteiger partial charge on any atom is 0.316 e. The minimum atomic E-state index is 0.260. The molecule has 0 bridgehead atoms. The summed E-state index contributed by atoms with van der Waals surface area (Å²) in [6.45, 7) is 0. The van der Waals surface area contributed by atoms with Crippen LogP contribution >= 0.6 is 22.6 Å². The van der Waals surface area contributed by atoms with Crippen LogP contribution in [0.25, 0.3) is 0 Å². The van der Waals surface area contributed by atoms with Gasteiger partial charge in [0.1, 0.15) is 6.10 Å². The molecule has 0 unspecified atom stereocenters. The first-order chi connectivity index (χ1) is 8.81. The maximum absolute atomic E-state index is 5.73. The Hall–Kier alpha value is -1.17. The Morgan fingerprint density at radius 3 is 2.39 bits per heavy atom. The van der Waals surface area contributed by atoms with Gasteiger partial charge in [-0.15, -0.1) is 0 Å². The highest BCUT2D eigenvalue weighted by molar-refractivity contribution is 14.1. The summed E-state index contributed by atoms with van der Waals surface area (Å²) in [5, 5.41) is 0. The van der Waals surface area contributed by atoms with Crippen LogP contribution in [-0.2, 0) is 0 Å². The quantitative estimate of drug-likeness (QED) is 0.795. The number of hydrogen-bond donors (Lipinski definition) is 0. The molecule has 1 heterocycles. The molecule has 1 aromatic heterocycles. The van der Waals surface area contributed by atoms with Crippen molar-refractivity contribution in [2.24, 2.45) is 0 Å². The second kappa shape index (κ2) is 5.22. The molecular weight excluding hydrogens is 339 g/mol. The number of nitrogens with zero attached hydrogens (tertiary/aromatic N) is 2. The van der Waals surface area contributed by atoms with Gasteiger partial charge in [0.15, 0.2) is 0 Å². The van der Waals surface area contributed by atoms with E-state index < -0.39 is 0 Å². The average molecular weight is 352 g/mol. The van der Waals surface area contributed by atoms with Crippen molar-refractivity contribution in [3.05, 3.63) is 51.9 Å². The molecule has 0 atom stereocenters. The third-order valence-electron chi connectivity index (χ3n) is 3.23. The van der Waals surface area contributed by atoms with E-state index in [0.717, 1.165) is 16.4 Å². The van der Waals surface area contributed by atoms with Crippen molar-refractivity contribution in [1.29, 1.82) is 0 Å². The van der Waals surface area contributed by atoms with Crippen LogP contribution in [0.15, 0.2) is 42.7 Å². The zero-order chi connectivity index (χ0) is 12.4. The van der Waals surface area contributed by atoms with Crippen molar-refractivity contribution < 1.29 is 4.74 Å². The summed E-state index contributed by atoms with van der Waals surface area (Å²) in [6, 6.07) is 11.1. The highest BCUT2D eigenvalue weighted by Gasteiger charge is 2.32. The maximum atomic E-state index is 5.73. The van der Waals surface area contributed by atoms with E-state index in [4.69, 9.17) is 4.74 Å². The van der Waals surface area contributed by atoms with E-state index in [1.54, 1.807) is 12.4 Å². The van der Waals surface area contributed by atoms with Crippen LogP contribution in [0, 0.1) is 3.57 Å². The Bertz CT molecular complexity index is 509. The van der Waals surface area contributed by atoms with Crippen LogP contribution in [-0.4, -0.2) is 16.1 Å². The van der Waals surface area contributed by atoms with Crippen LogP contribution < -0.4 is 4.74 Å². The van der Waals surface area contributed by atoms with E-state index in [2.05, 4.69) is 62.9 Å². The Kier molecular flexibility index (Phi) is 3.45. The molecule has 0 aliphatic heterocycles. The number of halogens is 1. The first kappa shape index (κ1) is 11.9. The molecule has 92 valence electrons. The average Bonchev–Trinajstić information content (AvgIpc) is 2.36. The van der Waals surface area contributed by atoms with Crippen LogP contribution in [0.2, 0.25) is 0 Å². The molecule has 0 saturated heterocycles. The zero-order valence-corrected chi connectivity index (χ0v) is 11.9. The standard InChI is InChI=1S/C14H13IN2O/c15-12-8-16-14(17-9-12)18-13-6-11(7-13)10-4-2-1-3-5-10/h1-5,8-9,11,13H,6-7H2. The first-order valence-electron chi connectivity index (χ1n) is 6.00. The minimum absolute atomic E-state index is 0.260. The Balaban J connectivity index is 1.55. The fourth-order valence-electron chi connectivity index (χ4n) is 2.17. The van der Waals surface area contributed by atoms with Crippen molar-refractivity contribution in [3.63, 3.8) is 0 Å². The predicted molar refractivity (Wildman–Crippen MR) is 77.6 cm³/mol. The van der Waals surface area contributed by atoms with Gasteiger partial charge < -0.3 is 4.74 Å². The molecule has 2 aromatic rings. The van der Waals surface area contributed by atoms with Gasteiger partial charge in [-0.1, -0.05) is 30.3 Å². The molecule has 3 nitrogen and oxygen atoms in total. The molecule has 0 spiro atoms. The van der Waals surface area contributed by atoms with Crippen molar-refractivity contribution >= 4 is 22.6 Å². The molecule has 1 aliphatic carbocycles. The van der Waals surface area contributed by atoms with E-state index in [-0.39, 0.29) is 6.10 Å². The molecule has 1 aromatic carbocycles. The largest absolute Gasteiger partial charge is 0.460 e. The Labute approximate surface area is 120 Å². The van der Waals surface area contributed by atoms with Gasteiger partial charge in [-0.05, 0) is 46.9 Å². The summed E-state index contributed by atoms with van der Waals surface area (Å²) in [4.78, 5) is 8.31. The Morgan fingerprint density at radius 1 is 1.06 bits per heavy atom. The van der Waals surface area contributed by atoms with E-state index in [9.17, 15) is 0 Å². The highest BCUT2D eigenvalue weighted by atomic mass is 127. The van der Waals surface area contributed by atoms with Crippen molar-refractivity contribution in [1.82, 2.24) is 9.97 Å². The fourth-order valence-corrected chi connectivity index (χ4v) is 2.45. The number of ether oxygens (including phenoxy) is 1. The van der Waals surface area contributed by atoms with Gasteiger partial charge in [0.2, 0.25) is 0 Å². The van der Waals surface area contributed by atoms with Crippen LogP contribution in [0.3, 0.4) is 0 Å². The van der Waals surface area contributed by atoms with Gasteiger partial charge in [0.05, 0.1) is 0 Å². The summed E-state index contributed by atoms with van der Waals surface area (Å²) < 4.78 is 6.76. The fraction of sp³-hybridized carbons (Fsp3) is 0.286. The van der Waals surface area contributed by atoms with E-state index in [1.807, 2.05) is 0 Å². The molecule has 0 amide bonds. The molecule has 0 radical (unpaired) electrons. The highest BCUT2D eigenvalue weighted by Crippen LogP contribution is 2.38. The molecule has 4 heteroatoms. The molecule has 18 heavy (non-hydrogen) atoms. The third-order valence-corrected chi connectivity index (χ3v) is 3.79. The van der Waals surface area contributed by atoms with Gasteiger partial charge in [-0.3, -0.25) is 0 Å². The molecule has 0 N–H and O–H groups in total. The zero-order valence-electron chi connectivity index (χ0n) is 9.79. The normalized spacial score (nSPS) is 22.3. The second-order valence-corrected chi connectivity index (χ2v) is 5.75. The number of benzene rings is 1. The van der Waals surface area contributed by atoms with Gasteiger partial charge in [-0.2, -0.15) is 0 Å². The summed E-state index contributed by atoms with van der Waals surface area (Å²) >= 11 is 2.18. The van der Waals surface area contributed by atoms with E-state index in [0.29, 0.717) is 11.9 Å². The van der Waals surface area contributed by atoms with Crippen molar-refractivity contribution in [2.75, 3.05) is 0 Å². The van der Waals surface area contributed by atoms with Crippen LogP contribution in [0.1, 0.15) is 24.3 Å². The lowest BCUT2D eigenvalue weighted by Crippen LogP contribution is -2.32. The molecule has 1 saturated carbocycles. The third kappa shape index (κ3) is 2.63. The Morgan fingerprint density at radius 2 is 1.72 bits per heavy atom. The smallest absolute Gasteiger partial charge is 0.316 e. The van der Waals surface area contributed by atoms with Crippen LogP contribution in [0.5, 0.6) is 6.01 Å². The first-order valence-corrected chi connectivity index (χ1v) is 7.08. The lowest BCUT2D eigenvalue weighted by Gasteiger charge is -2.34. The summed E-state index contributed by atoms with van der Waals surface area (Å²) in [6.07, 6.45) is 5.92. The predicted octanol–water partition coefficient (Wildman–Crippen LogP) is 3.41. The van der Waals surface area contributed by atoms with Crippen LogP contribution in [0.4, 0.5) is 0 Å². The van der Waals surface area contributed by atoms with E-state index in [1.165, 1.54) is 5.56 Å². The second-order valence-electron chi connectivity index (χ2n) is 4.50. The van der Waals surface area contributed by atoms with Crippen molar-refractivity contribution in [2.45, 2.75) is 24.9 Å². The van der Waals surface area contributed by atoms with Crippen molar-refractivity contribution in [3.8, 4) is 6.01 Å². The monoisotopic (exact) mass is 352 g/mol. The molecule has 1 fully saturated rings. The lowest BCUT2D eigenvalue weighted by atomic mass is 9.77. The van der Waals surface area contributed by atoms with Gasteiger partial charge >= 0.3 is 6.01 Å². The summed E-state index contributed by atoms with van der Waals surface area (Å²) in [7, 11) is 0. The summed E-state index contributed by atoms with van der Waals surface area (Å²) in [5.41, 5.74) is 1.40.